The Morgan fingerprint density at radius 1 is 1.00 bits per heavy atom. The number of rotatable bonds is 5. The highest BCUT2D eigenvalue weighted by molar-refractivity contribution is 6.30. The lowest BCUT2D eigenvalue weighted by molar-refractivity contribution is -0.121. The minimum Gasteiger partial charge on any atom is -0.317 e. The van der Waals surface area contributed by atoms with Gasteiger partial charge >= 0.3 is 0 Å². The number of hydrogen-bond acceptors (Lipinski definition) is 3. The lowest BCUT2D eigenvalue weighted by atomic mass is 10.1. The fourth-order valence-corrected chi connectivity index (χ4v) is 2.06. The third-order valence-electron chi connectivity index (χ3n) is 3.03. The van der Waals surface area contributed by atoms with Crippen molar-refractivity contribution in [1.29, 1.82) is 0 Å². The molecule has 0 aromatic heterocycles. The Kier molecular flexibility index (Phi) is 6.12. The lowest BCUT2D eigenvalue weighted by Gasteiger charge is -2.15. The molecule has 0 unspecified atom stereocenters. The van der Waals surface area contributed by atoms with Crippen molar-refractivity contribution < 1.29 is 9.59 Å². The quantitative estimate of drug-likeness (QED) is 0.648. The van der Waals surface area contributed by atoms with E-state index in [1.165, 1.54) is 5.01 Å². The number of hydrazine groups is 1. The van der Waals surface area contributed by atoms with Gasteiger partial charge in [-0.05, 0) is 35.9 Å². The zero-order valence-corrected chi connectivity index (χ0v) is 14.2. The molecule has 2 amide bonds. The van der Waals surface area contributed by atoms with E-state index in [0.29, 0.717) is 10.6 Å². The third kappa shape index (κ3) is 5.22. The SMILES string of the molecule is CN(C)NC(=O)/C(=C\c1ccc(Cl)cc1)NC(=O)c1ccccc1. The van der Waals surface area contributed by atoms with Crippen molar-refractivity contribution in [1.82, 2.24) is 15.8 Å². The summed E-state index contributed by atoms with van der Waals surface area (Å²) in [7, 11) is 3.38. The molecule has 0 bridgehead atoms. The van der Waals surface area contributed by atoms with Crippen molar-refractivity contribution >= 4 is 29.5 Å². The Labute approximate surface area is 145 Å². The Morgan fingerprint density at radius 2 is 1.62 bits per heavy atom. The van der Waals surface area contributed by atoms with Gasteiger partial charge in [-0.15, -0.1) is 0 Å². The van der Waals surface area contributed by atoms with Gasteiger partial charge in [0.15, 0.2) is 0 Å². The summed E-state index contributed by atoms with van der Waals surface area (Å²) in [6.07, 6.45) is 1.59. The summed E-state index contributed by atoms with van der Waals surface area (Å²) in [5.41, 5.74) is 3.97. The normalized spacial score (nSPS) is 11.2. The molecule has 2 rings (SSSR count). The molecule has 2 aromatic carbocycles. The number of amides is 2. The van der Waals surface area contributed by atoms with E-state index >= 15 is 0 Å². The Morgan fingerprint density at radius 3 is 2.21 bits per heavy atom. The number of benzene rings is 2. The minimum absolute atomic E-state index is 0.139. The Balaban J connectivity index is 2.27. The van der Waals surface area contributed by atoms with Gasteiger partial charge in [0, 0.05) is 24.7 Å². The van der Waals surface area contributed by atoms with Crippen LogP contribution in [0.15, 0.2) is 60.3 Å². The summed E-state index contributed by atoms with van der Waals surface area (Å²) in [5, 5.41) is 4.76. The van der Waals surface area contributed by atoms with Gasteiger partial charge in [-0.3, -0.25) is 15.0 Å². The third-order valence-corrected chi connectivity index (χ3v) is 3.29. The molecule has 0 radical (unpaired) electrons. The van der Waals surface area contributed by atoms with Crippen LogP contribution in [0, 0.1) is 0 Å². The average molecular weight is 344 g/mol. The van der Waals surface area contributed by atoms with Crippen molar-refractivity contribution in [2.45, 2.75) is 0 Å². The number of hydrogen-bond donors (Lipinski definition) is 2. The molecule has 0 saturated carbocycles. The average Bonchev–Trinajstić information content (AvgIpc) is 2.56. The molecule has 2 N–H and O–H groups in total. The highest BCUT2D eigenvalue weighted by Crippen LogP contribution is 2.12. The maximum absolute atomic E-state index is 12.3. The van der Waals surface area contributed by atoms with Crippen molar-refractivity contribution in [3.8, 4) is 0 Å². The zero-order valence-electron chi connectivity index (χ0n) is 13.4. The fourth-order valence-electron chi connectivity index (χ4n) is 1.93. The van der Waals surface area contributed by atoms with Crippen molar-refractivity contribution in [2.75, 3.05) is 14.1 Å². The molecule has 124 valence electrons. The van der Waals surface area contributed by atoms with Crippen LogP contribution in [0.2, 0.25) is 5.02 Å². The van der Waals surface area contributed by atoms with Gasteiger partial charge in [0.1, 0.15) is 5.70 Å². The van der Waals surface area contributed by atoms with E-state index in [-0.39, 0.29) is 11.6 Å². The largest absolute Gasteiger partial charge is 0.317 e. The summed E-state index contributed by atoms with van der Waals surface area (Å²) in [6.45, 7) is 0. The van der Waals surface area contributed by atoms with E-state index in [0.717, 1.165) is 5.56 Å². The second kappa shape index (κ2) is 8.29. The standard InChI is InChI=1S/C18H18ClN3O2/c1-22(2)21-18(24)16(12-13-8-10-15(19)11-9-13)20-17(23)14-6-4-3-5-7-14/h3-12H,1-2H3,(H,20,23)(H,21,24)/b16-12+. The molecule has 0 aliphatic carbocycles. The number of carbonyl (C=O) groups is 2. The van der Waals surface area contributed by atoms with Gasteiger partial charge in [0.25, 0.3) is 11.8 Å². The molecule has 6 heteroatoms. The van der Waals surface area contributed by atoms with E-state index < -0.39 is 5.91 Å². The molecular weight excluding hydrogens is 326 g/mol. The van der Waals surface area contributed by atoms with E-state index in [2.05, 4.69) is 10.7 Å². The molecular formula is C18H18ClN3O2. The van der Waals surface area contributed by atoms with Gasteiger partial charge in [-0.1, -0.05) is 41.9 Å². The summed E-state index contributed by atoms with van der Waals surface area (Å²) >= 11 is 5.87. The molecule has 24 heavy (non-hydrogen) atoms. The van der Waals surface area contributed by atoms with Crippen LogP contribution in [-0.4, -0.2) is 30.9 Å². The number of carbonyl (C=O) groups excluding carboxylic acids is 2. The van der Waals surface area contributed by atoms with E-state index in [9.17, 15) is 9.59 Å². The van der Waals surface area contributed by atoms with Gasteiger partial charge in [0.05, 0.1) is 0 Å². The van der Waals surface area contributed by atoms with E-state index in [1.54, 1.807) is 68.7 Å². The number of nitrogens with zero attached hydrogens (tertiary/aromatic N) is 1. The van der Waals surface area contributed by atoms with Crippen LogP contribution in [0.4, 0.5) is 0 Å². The van der Waals surface area contributed by atoms with Gasteiger partial charge in [-0.25, -0.2) is 5.01 Å². The number of halogens is 1. The topological polar surface area (TPSA) is 61.4 Å². The van der Waals surface area contributed by atoms with Crippen LogP contribution in [-0.2, 0) is 4.79 Å². The Hall–Kier alpha value is -2.63. The van der Waals surface area contributed by atoms with Crippen LogP contribution >= 0.6 is 11.6 Å². The first-order valence-corrected chi connectivity index (χ1v) is 7.65. The summed E-state index contributed by atoms with van der Waals surface area (Å²) in [4.78, 5) is 24.7. The highest BCUT2D eigenvalue weighted by Gasteiger charge is 2.15. The molecule has 0 fully saturated rings. The van der Waals surface area contributed by atoms with Gasteiger partial charge < -0.3 is 5.32 Å². The maximum atomic E-state index is 12.3. The Bertz CT molecular complexity index is 741. The van der Waals surface area contributed by atoms with Gasteiger partial charge in [-0.2, -0.15) is 0 Å². The molecule has 5 nitrogen and oxygen atoms in total. The van der Waals surface area contributed by atoms with Crippen LogP contribution < -0.4 is 10.7 Å². The van der Waals surface area contributed by atoms with Crippen molar-refractivity contribution in [2.24, 2.45) is 0 Å². The molecule has 0 aliphatic rings. The van der Waals surface area contributed by atoms with Crippen LogP contribution in [0.1, 0.15) is 15.9 Å². The lowest BCUT2D eigenvalue weighted by Crippen LogP contribution is -2.41. The summed E-state index contributed by atoms with van der Waals surface area (Å²) < 4.78 is 0. The fraction of sp³-hybridized carbons (Fsp3) is 0.111. The molecule has 0 aliphatic heterocycles. The highest BCUT2D eigenvalue weighted by atomic mass is 35.5. The second-order valence-electron chi connectivity index (χ2n) is 5.27. The maximum Gasteiger partial charge on any atom is 0.282 e. The smallest absolute Gasteiger partial charge is 0.282 e. The first kappa shape index (κ1) is 17.7. The predicted octanol–water partition coefficient (Wildman–Crippen LogP) is 2.70. The summed E-state index contributed by atoms with van der Waals surface area (Å²) in [6, 6.07) is 15.7. The summed E-state index contributed by atoms with van der Waals surface area (Å²) in [5.74, 6) is -0.774. The monoisotopic (exact) mass is 343 g/mol. The molecule has 0 spiro atoms. The molecule has 2 aromatic rings. The first-order chi connectivity index (χ1) is 11.5. The number of nitrogens with one attached hydrogen (secondary N) is 2. The molecule has 0 atom stereocenters. The minimum atomic E-state index is -0.417. The second-order valence-corrected chi connectivity index (χ2v) is 5.70. The molecule has 0 heterocycles. The van der Waals surface area contributed by atoms with E-state index in [4.69, 9.17) is 11.6 Å². The molecule has 0 saturated heterocycles. The van der Waals surface area contributed by atoms with E-state index in [1.807, 2.05) is 6.07 Å². The van der Waals surface area contributed by atoms with Gasteiger partial charge in [0.2, 0.25) is 0 Å². The van der Waals surface area contributed by atoms with Crippen LogP contribution in [0.3, 0.4) is 0 Å². The predicted molar refractivity (Wildman–Crippen MR) is 95.2 cm³/mol. The first-order valence-electron chi connectivity index (χ1n) is 7.27. The van der Waals surface area contributed by atoms with Crippen LogP contribution in [0.5, 0.6) is 0 Å². The van der Waals surface area contributed by atoms with Crippen molar-refractivity contribution in [3.05, 3.63) is 76.4 Å². The van der Waals surface area contributed by atoms with Crippen molar-refractivity contribution in [3.63, 3.8) is 0 Å². The van der Waals surface area contributed by atoms with Crippen LogP contribution in [0.25, 0.3) is 6.08 Å². The zero-order chi connectivity index (χ0) is 17.5.